The van der Waals surface area contributed by atoms with Gasteiger partial charge in [0.15, 0.2) is 0 Å². The first-order valence-electron chi connectivity index (χ1n) is 7.57. The van der Waals surface area contributed by atoms with Crippen molar-refractivity contribution in [2.24, 2.45) is 0 Å². The predicted octanol–water partition coefficient (Wildman–Crippen LogP) is 2.68. The second-order valence-corrected chi connectivity index (χ2v) is 7.42. The molecule has 2 aromatic rings. The molecule has 0 saturated carbocycles. The maximum atomic E-state index is 13.0. The fraction of sp³-hybridized carbons (Fsp3) is 0.235. The molecule has 0 aliphatic heterocycles. The maximum absolute atomic E-state index is 13.0. The van der Waals surface area contributed by atoms with Crippen molar-refractivity contribution in [1.29, 1.82) is 0 Å². The fourth-order valence-electron chi connectivity index (χ4n) is 2.18. The number of nitrogens with one attached hydrogen (secondary N) is 1. The Balaban J connectivity index is 2.44. The van der Waals surface area contributed by atoms with E-state index < -0.39 is 15.9 Å². The van der Waals surface area contributed by atoms with Gasteiger partial charge in [0, 0.05) is 11.6 Å². The minimum Gasteiger partial charge on any atom is -0.497 e. The van der Waals surface area contributed by atoms with Crippen LogP contribution >= 0.6 is 11.6 Å². The predicted molar refractivity (Wildman–Crippen MR) is 97.7 cm³/mol. The van der Waals surface area contributed by atoms with E-state index in [1.54, 1.807) is 43.3 Å². The molecule has 0 atom stereocenters. The van der Waals surface area contributed by atoms with Gasteiger partial charge < -0.3 is 10.1 Å². The Labute approximate surface area is 152 Å². The second kappa shape index (κ2) is 8.22. The molecule has 2 rings (SSSR count). The first-order valence-corrected chi connectivity index (χ1v) is 9.39. The first kappa shape index (κ1) is 19.1. The first-order chi connectivity index (χ1) is 11.9. The number of hydrogen-bond acceptors (Lipinski definition) is 4. The van der Waals surface area contributed by atoms with E-state index in [1.807, 2.05) is 0 Å². The molecule has 0 aromatic heterocycles. The van der Waals surface area contributed by atoms with Crippen molar-refractivity contribution >= 4 is 33.2 Å². The van der Waals surface area contributed by atoms with Crippen molar-refractivity contribution < 1.29 is 17.9 Å². The van der Waals surface area contributed by atoms with Gasteiger partial charge in [0.05, 0.1) is 17.7 Å². The third kappa shape index (κ3) is 4.64. The van der Waals surface area contributed by atoms with Gasteiger partial charge in [-0.1, -0.05) is 11.6 Å². The van der Waals surface area contributed by atoms with E-state index in [-0.39, 0.29) is 11.4 Å². The van der Waals surface area contributed by atoms with Gasteiger partial charge in [-0.25, -0.2) is 8.42 Å². The minimum absolute atomic E-state index is 0.0625. The molecule has 0 unspecified atom stereocenters. The van der Waals surface area contributed by atoms with E-state index in [4.69, 9.17) is 16.3 Å². The molecule has 0 bridgehead atoms. The van der Waals surface area contributed by atoms with Crippen LogP contribution in [0, 0.1) is 0 Å². The summed E-state index contributed by atoms with van der Waals surface area (Å²) in [5, 5.41) is 3.08. The Morgan fingerprint density at radius 2 is 1.72 bits per heavy atom. The van der Waals surface area contributed by atoms with E-state index in [9.17, 15) is 13.2 Å². The van der Waals surface area contributed by atoms with Crippen molar-refractivity contribution in [3.63, 3.8) is 0 Å². The van der Waals surface area contributed by atoms with Crippen molar-refractivity contribution in [3.05, 3.63) is 53.6 Å². The van der Waals surface area contributed by atoms with Crippen molar-refractivity contribution in [2.75, 3.05) is 24.5 Å². The molecule has 0 heterocycles. The number of methoxy groups -OCH3 is 1. The van der Waals surface area contributed by atoms with Gasteiger partial charge in [0.1, 0.15) is 12.3 Å². The fourth-order valence-corrected chi connectivity index (χ4v) is 3.73. The summed E-state index contributed by atoms with van der Waals surface area (Å²) < 4.78 is 32.2. The van der Waals surface area contributed by atoms with Gasteiger partial charge in [-0.2, -0.15) is 0 Å². The molecular formula is C17H19ClN2O4S. The molecule has 0 aliphatic rings. The number of anilines is 1. The van der Waals surface area contributed by atoms with Crippen LogP contribution in [0.3, 0.4) is 0 Å². The van der Waals surface area contributed by atoms with Crippen LogP contribution in [0.5, 0.6) is 5.75 Å². The van der Waals surface area contributed by atoms with E-state index in [2.05, 4.69) is 5.32 Å². The zero-order chi connectivity index (χ0) is 18.4. The molecule has 134 valence electrons. The van der Waals surface area contributed by atoms with E-state index in [0.717, 1.165) is 4.31 Å². The van der Waals surface area contributed by atoms with Crippen molar-refractivity contribution in [3.8, 4) is 5.75 Å². The monoisotopic (exact) mass is 382 g/mol. The molecule has 6 nitrogen and oxygen atoms in total. The quantitative estimate of drug-likeness (QED) is 0.798. The van der Waals surface area contributed by atoms with Gasteiger partial charge in [0.25, 0.3) is 10.0 Å². The van der Waals surface area contributed by atoms with Crippen molar-refractivity contribution in [1.82, 2.24) is 5.32 Å². The highest BCUT2D eigenvalue weighted by Gasteiger charge is 2.27. The van der Waals surface area contributed by atoms with E-state index >= 15 is 0 Å². The van der Waals surface area contributed by atoms with Crippen LogP contribution in [0.15, 0.2) is 53.4 Å². The Kier molecular flexibility index (Phi) is 6.27. The molecule has 0 fully saturated rings. The Bertz CT molecular complexity index is 821. The van der Waals surface area contributed by atoms with Crippen LogP contribution in [0.1, 0.15) is 6.92 Å². The van der Waals surface area contributed by atoms with Crippen LogP contribution in [0.25, 0.3) is 0 Å². The number of halogens is 1. The summed E-state index contributed by atoms with van der Waals surface area (Å²) >= 11 is 5.88. The Morgan fingerprint density at radius 1 is 1.12 bits per heavy atom. The third-order valence-electron chi connectivity index (χ3n) is 3.42. The lowest BCUT2D eigenvalue weighted by Crippen LogP contribution is -2.40. The lowest BCUT2D eigenvalue weighted by Gasteiger charge is -2.24. The molecule has 1 N–H and O–H groups in total. The largest absolute Gasteiger partial charge is 0.497 e. The number of ether oxygens (including phenoxy) is 1. The van der Waals surface area contributed by atoms with Gasteiger partial charge in [0.2, 0.25) is 5.91 Å². The number of carbonyl (C=O) groups excluding carboxylic acids is 1. The number of sulfonamides is 1. The number of nitrogens with zero attached hydrogens (tertiary/aromatic N) is 1. The molecule has 0 spiro atoms. The van der Waals surface area contributed by atoms with Crippen LogP contribution in [-0.2, 0) is 14.8 Å². The second-order valence-electron chi connectivity index (χ2n) is 5.12. The molecule has 8 heteroatoms. The van der Waals surface area contributed by atoms with E-state index in [0.29, 0.717) is 23.0 Å². The molecule has 1 amide bonds. The van der Waals surface area contributed by atoms with Gasteiger partial charge in [-0.3, -0.25) is 9.10 Å². The van der Waals surface area contributed by atoms with Gasteiger partial charge in [-0.05, 0) is 55.5 Å². The average Bonchev–Trinajstić information content (AvgIpc) is 2.61. The summed E-state index contributed by atoms with van der Waals surface area (Å²) in [5.41, 5.74) is 0.353. The summed E-state index contributed by atoms with van der Waals surface area (Å²) in [7, 11) is -2.43. The third-order valence-corrected chi connectivity index (χ3v) is 5.46. The number of hydrogen-bond donors (Lipinski definition) is 1. The summed E-state index contributed by atoms with van der Waals surface area (Å²) in [6, 6.07) is 12.3. The topological polar surface area (TPSA) is 75.7 Å². The average molecular weight is 383 g/mol. The zero-order valence-electron chi connectivity index (χ0n) is 13.9. The Hall–Kier alpha value is -2.25. The molecule has 25 heavy (non-hydrogen) atoms. The summed E-state index contributed by atoms with van der Waals surface area (Å²) in [4.78, 5) is 12.1. The molecule has 2 aromatic carbocycles. The smallest absolute Gasteiger partial charge is 0.264 e. The van der Waals surface area contributed by atoms with Gasteiger partial charge >= 0.3 is 0 Å². The highest BCUT2D eigenvalue weighted by molar-refractivity contribution is 7.92. The summed E-state index contributed by atoms with van der Waals surface area (Å²) in [6.45, 7) is 1.85. The number of amides is 1. The summed E-state index contributed by atoms with van der Waals surface area (Å²) in [5.74, 6) is 0.148. The normalized spacial score (nSPS) is 11.0. The number of benzene rings is 2. The zero-order valence-corrected chi connectivity index (χ0v) is 15.5. The maximum Gasteiger partial charge on any atom is 0.264 e. The number of likely N-dealkylation sites (N-methyl/N-ethyl adjacent to an activating group) is 1. The van der Waals surface area contributed by atoms with Crippen LogP contribution in [-0.4, -0.2) is 34.5 Å². The van der Waals surface area contributed by atoms with Crippen LogP contribution < -0.4 is 14.4 Å². The molecule has 0 radical (unpaired) electrons. The molecule has 0 aliphatic carbocycles. The van der Waals surface area contributed by atoms with Crippen molar-refractivity contribution in [2.45, 2.75) is 11.8 Å². The summed E-state index contributed by atoms with van der Waals surface area (Å²) in [6.07, 6.45) is 0. The highest BCUT2D eigenvalue weighted by atomic mass is 35.5. The lowest BCUT2D eigenvalue weighted by atomic mass is 10.3. The highest BCUT2D eigenvalue weighted by Crippen LogP contribution is 2.26. The lowest BCUT2D eigenvalue weighted by molar-refractivity contribution is -0.119. The van der Waals surface area contributed by atoms with Gasteiger partial charge in [-0.15, -0.1) is 0 Å². The number of rotatable bonds is 7. The molecular weight excluding hydrogens is 364 g/mol. The Morgan fingerprint density at radius 3 is 2.24 bits per heavy atom. The standard InChI is InChI=1S/C17H19ClN2O4S/c1-3-19-17(21)12-20(14-6-4-13(18)5-7-14)25(22,23)16-10-8-15(24-2)9-11-16/h4-11H,3,12H2,1-2H3,(H,19,21). The SMILES string of the molecule is CCNC(=O)CN(c1ccc(Cl)cc1)S(=O)(=O)c1ccc(OC)cc1. The van der Waals surface area contributed by atoms with E-state index in [1.165, 1.54) is 19.2 Å². The minimum atomic E-state index is -3.93. The number of carbonyl (C=O) groups is 1. The van der Waals surface area contributed by atoms with Crippen LogP contribution in [0.4, 0.5) is 5.69 Å². The van der Waals surface area contributed by atoms with Crippen LogP contribution in [0.2, 0.25) is 5.02 Å². The molecule has 0 saturated heterocycles.